The van der Waals surface area contributed by atoms with Crippen LogP contribution in [0.5, 0.6) is 0 Å². The Hall–Kier alpha value is -2.25. The molecule has 0 heterocycles. The Labute approximate surface area is 377 Å². The van der Waals surface area contributed by atoms with Crippen LogP contribution in [0, 0.1) is 35.6 Å². The van der Waals surface area contributed by atoms with Crippen molar-refractivity contribution in [1.29, 1.82) is 0 Å². The fourth-order valence-electron chi connectivity index (χ4n) is 7.58. The molecule has 1 unspecified atom stereocenters. The number of halogens is 4. The second kappa shape index (κ2) is 21.7. The minimum absolute atomic E-state index is 0. The van der Waals surface area contributed by atoms with Gasteiger partial charge < -0.3 is 0 Å². The molecule has 0 aromatic heterocycles. The van der Waals surface area contributed by atoms with Crippen molar-refractivity contribution in [3.63, 3.8) is 0 Å². The van der Waals surface area contributed by atoms with Gasteiger partial charge in [0.2, 0.25) is 0 Å². The van der Waals surface area contributed by atoms with E-state index in [4.69, 9.17) is 23.2 Å². The van der Waals surface area contributed by atoms with Crippen molar-refractivity contribution < 1.29 is 24.2 Å². The first-order valence-electron chi connectivity index (χ1n) is 19.1. The molecule has 0 fully saturated rings. The van der Waals surface area contributed by atoms with Crippen molar-refractivity contribution >= 4 is 63.4 Å². The molecule has 0 saturated carbocycles. The molecule has 0 radical (unpaired) electrons. The van der Waals surface area contributed by atoms with E-state index in [0.29, 0.717) is 11.3 Å². The van der Waals surface area contributed by atoms with Crippen LogP contribution in [0.3, 0.4) is 0 Å². The minimum atomic E-state index is 0. The number of benzene rings is 4. The van der Waals surface area contributed by atoms with Gasteiger partial charge in [0, 0.05) is 5.41 Å². The Kier molecular flexibility index (Phi) is 19.3. The Morgan fingerprint density at radius 3 is 1.71 bits per heavy atom. The predicted octanol–water partition coefficient (Wildman–Crippen LogP) is 15.7. The third-order valence-corrected chi connectivity index (χ3v) is 10.9. The Bertz CT molecular complexity index is 1900. The molecule has 0 saturated heterocycles. The van der Waals surface area contributed by atoms with Gasteiger partial charge in [0.25, 0.3) is 0 Å². The molecule has 4 aromatic rings. The fourth-order valence-corrected chi connectivity index (χ4v) is 7.83. The third kappa shape index (κ3) is 12.6. The van der Waals surface area contributed by atoms with Crippen LogP contribution < -0.4 is 0 Å². The van der Waals surface area contributed by atoms with Crippen LogP contribution in [-0.2, 0) is 41.5 Å². The second-order valence-corrected chi connectivity index (χ2v) is 17.5. The van der Waals surface area contributed by atoms with Crippen molar-refractivity contribution in [2.45, 2.75) is 106 Å². The average molecular weight is 904 g/mol. The first-order valence-corrected chi connectivity index (χ1v) is 21.6. The van der Waals surface area contributed by atoms with E-state index in [9.17, 15) is 0 Å². The zero-order valence-electron chi connectivity index (χ0n) is 34.8. The Balaban J connectivity index is 0.000000293. The van der Waals surface area contributed by atoms with E-state index >= 15 is 0 Å². The Morgan fingerprint density at radius 2 is 1.27 bits per heavy atom. The molecule has 8 rings (SSSR count). The molecule has 0 bridgehead atoms. The van der Waals surface area contributed by atoms with Crippen LogP contribution in [0.2, 0.25) is 10.0 Å². The number of hydrogen-bond donors (Lipinski definition) is 0. The van der Waals surface area contributed by atoms with Gasteiger partial charge in [-0.15, -0.1) is 59.6 Å². The van der Waals surface area contributed by atoms with Gasteiger partial charge in [0.05, 0.1) is 0 Å². The normalized spacial score (nSPS) is 16.6. The molecule has 0 N–H and O–H groups in total. The molecular weight excluding hydrogens is 846 g/mol. The number of hydrogen-bond acceptors (Lipinski definition) is 0. The summed E-state index contributed by atoms with van der Waals surface area (Å²) in [4.78, 5) is 0. The van der Waals surface area contributed by atoms with E-state index in [-0.39, 0.29) is 35.6 Å². The summed E-state index contributed by atoms with van der Waals surface area (Å²) in [6.45, 7) is 22.7. The first kappa shape index (κ1) is 49.9. The van der Waals surface area contributed by atoms with Gasteiger partial charge in [0.15, 0.2) is 0 Å². The summed E-state index contributed by atoms with van der Waals surface area (Å²) >= 11 is 12.3. The van der Waals surface area contributed by atoms with Crippen LogP contribution in [0.15, 0.2) is 96.6 Å². The standard InChI is InChI=1S/C25H25.C13H21.2C6H4Cl.CH2.2ClH.Zr/c1-14-12-24(3,4)22-8-16-7-17-9-23-19(15(2)13-25(23,5)6)11-21(17)20(16)10-18(14)22;1-5-6-7-11-8-9-12(10-11)13(2,3)4;2*7-6-4-2-1-3-5-6;;;;/h8-12H,7H2,1-6H3;9-11H,5-7H2,1-4H3;2*2-5H;1H2;2*1H;/q4*-1;;;;. The van der Waals surface area contributed by atoms with Crippen molar-refractivity contribution in [3.05, 3.63) is 164 Å². The molecule has 0 spiro atoms. The summed E-state index contributed by atoms with van der Waals surface area (Å²) in [5.74, 6) is 0.592. The molecule has 4 aliphatic carbocycles. The van der Waals surface area contributed by atoms with E-state index in [1.165, 1.54) is 105 Å². The summed E-state index contributed by atoms with van der Waals surface area (Å²) in [7, 11) is 0. The van der Waals surface area contributed by atoms with Gasteiger partial charge in [-0.2, -0.15) is 77.9 Å². The molecular formula is C51H58Cl4Zr-4. The Morgan fingerprint density at radius 1 is 0.768 bits per heavy atom. The number of allylic oxidation sites excluding steroid dienone is 8. The van der Waals surface area contributed by atoms with Crippen LogP contribution >= 0.6 is 48.0 Å². The van der Waals surface area contributed by atoms with Gasteiger partial charge in [-0.05, 0) is 58.4 Å². The van der Waals surface area contributed by atoms with Gasteiger partial charge in [-0.3, -0.25) is 12.2 Å². The number of fused-ring (bicyclic) bond motifs is 5. The quantitative estimate of drug-likeness (QED) is 0.158. The average Bonchev–Trinajstić information content (AvgIpc) is 3.86. The van der Waals surface area contributed by atoms with Crippen LogP contribution in [0.25, 0.3) is 22.3 Å². The van der Waals surface area contributed by atoms with E-state index in [1.54, 1.807) is 48.5 Å². The molecule has 5 heteroatoms. The zero-order valence-corrected chi connectivity index (χ0v) is 40.4. The summed E-state index contributed by atoms with van der Waals surface area (Å²) in [6, 6.07) is 29.8. The van der Waals surface area contributed by atoms with Crippen molar-refractivity contribution in [2.75, 3.05) is 0 Å². The van der Waals surface area contributed by atoms with Gasteiger partial charge >= 0.3 is 28.4 Å². The predicted molar refractivity (Wildman–Crippen MR) is 247 cm³/mol. The second-order valence-electron chi connectivity index (χ2n) is 16.6. The SMILES string of the molecule is CC1=[C-]C(C)(C)c2cc3c(cc21)-c1cc2c(cc1C3)C(C)(C)C=C2C.CCCCC1[C-]=CC(C(C)(C)C)=C1.Cl.Cl.Clc1cc[c-]cc1.Clc1cc[c-]cc1.[CH2]=[Zr]. The summed E-state index contributed by atoms with van der Waals surface area (Å²) in [6.07, 6.45) is 19.0. The molecule has 0 amide bonds. The summed E-state index contributed by atoms with van der Waals surface area (Å²) in [5.41, 5.74) is 16.3. The molecule has 4 aliphatic rings. The molecule has 1 atom stereocenters. The van der Waals surface area contributed by atoms with Gasteiger partial charge in [0.1, 0.15) is 0 Å². The van der Waals surface area contributed by atoms with Gasteiger partial charge in [-0.1, -0.05) is 127 Å². The molecule has 0 aliphatic heterocycles. The van der Waals surface area contributed by atoms with Crippen molar-refractivity contribution in [1.82, 2.24) is 0 Å². The summed E-state index contributed by atoms with van der Waals surface area (Å²) < 4.78 is 3.34. The monoisotopic (exact) mass is 900 g/mol. The van der Waals surface area contributed by atoms with E-state index in [0.717, 1.165) is 16.5 Å². The topological polar surface area (TPSA) is 0 Å². The van der Waals surface area contributed by atoms with E-state index < -0.39 is 0 Å². The number of unbranched alkanes of at least 4 members (excludes halogenated alkanes) is 1. The maximum absolute atomic E-state index is 5.52. The van der Waals surface area contributed by atoms with E-state index in [1.807, 2.05) is 0 Å². The van der Waals surface area contributed by atoms with Crippen molar-refractivity contribution in [3.8, 4) is 11.1 Å². The molecule has 4 aromatic carbocycles. The molecule has 56 heavy (non-hydrogen) atoms. The zero-order chi connectivity index (χ0) is 39.8. The molecule has 298 valence electrons. The van der Waals surface area contributed by atoms with Crippen molar-refractivity contribution in [2.24, 2.45) is 11.3 Å². The van der Waals surface area contributed by atoms with Crippen LogP contribution in [0.4, 0.5) is 0 Å². The van der Waals surface area contributed by atoms with E-state index in [2.05, 4.69) is 140 Å². The van der Waals surface area contributed by atoms with Gasteiger partial charge in [-0.25, -0.2) is 11.6 Å². The molecule has 0 nitrogen and oxygen atoms in total. The number of rotatable bonds is 3. The first-order chi connectivity index (χ1) is 25.5. The van der Waals surface area contributed by atoms with Crippen LogP contribution in [0.1, 0.15) is 122 Å². The third-order valence-electron chi connectivity index (χ3n) is 10.4. The fraction of sp³-hybridized carbons (Fsp3) is 0.353. The maximum atomic E-state index is 5.52. The summed E-state index contributed by atoms with van der Waals surface area (Å²) in [5, 5.41) is 1.53. The van der Waals surface area contributed by atoms with Crippen LogP contribution in [-0.4, -0.2) is 4.21 Å².